The minimum absolute atomic E-state index is 0.0301. The summed E-state index contributed by atoms with van der Waals surface area (Å²) in [5, 5.41) is 9.38. The Kier molecular flexibility index (Phi) is 4.80. The second-order valence-corrected chi connectivity index (χ2v) is 6.63. The van der Waals surface area contributed by atoms with Crippen LogP contribution in [0.1, 0.15) is 21.5 Å². The van der Waals surface area contributed by atoms with Crippen molar-refractivity contribution in [2.24, 2.45) is 0 Å². The molecule has 0 atom stereocenters. The Morgan fingerprint density at radius 2 is 1.81 bits per heavy atom. The van der Waals surface area contributed by atoms with E-state index >= 15 is 0 Å². The number of aromatic carboxylic acids is 1. The number of nitrogens with zero attached hydrogens (tertiary/aromatic N) is 2. The Morgan fingerprint density at radius 1 is 1.06 bits per heavy atom. The summed E-state index contributed by atoms with van der Waals surface area (Å²) in [4.78, 5) is 37.1. The average Bonchev–Trinajstić information content (AvgIpc) is 3.17. The minimum Gasteiger partial charge on any atom is -0.477 e. The zero-order valence-electron chi connectivity index (χ0n) is 15.5. The van der Waals surface area contributed by atoms with Gasteiger partial charge in [0.15, 0.2) is 11.5 Å². The Bertz CT molecular complexity index is 1310. The molecular weight excluding hydrogens is 421 g/mol. The first-order valence-corrected chi connectivity index (χ1v) is 8.81. The van der Waals surface area contributed by atoms with Crippen LogP contribution in [0.4, 0.5) is 13.2 Å². The van der Waals surface area contributed by atoms with Gasteiger partial charge in [-0.1, -0.05) is 12.1 Å². The number of hydrogen-bond donors (Lipinski definition) is 1. The van der Waals surface area contributed by atoms with Crippen molar-refractivity contribution in [2.75, 3.05) is 6.79 Å². The van der Waals surface area contributed by atoms with Crippen LogP contribution >= 0.6 is 0 Å². The first kappa shape index (κ1) is 20.3. The van der Waals surface area contributed by atoms with Crippen molar-refractivity contribution in [3.63, 3.8) is 0 Å². The Labute approximate surface area is 171 Å². The molecule has 0 spiro atoms. The molecule has 1 aliphatic heterocycles. The van der Waals surface area contributed by atoms with Gasteiger partial charge in [0.25, 0.3) is 5.56 Å². The first-order chi connectivity index (χ1) is 14.6. The van der Waals surface area contributed by atoms with Crippen LogP contribution in [-0.4, -0.2) is 27.0 Å². The van der Waals surface area contributed by atoms with Gasteiger partial charge in [0.1, 0.15) is 5.56 Å². The summed E-state index contributed by atoms with van der Waals surface area (Å²) in [5.74, 6) is -0.698. The van der Waals surface area contributed by atoms with Crippen LogP contribution in [0, 0.1) is 0 Å². The van der Waals surface area contributed by atoms with Gasteiger partial charge < -0.3 is 14.6 Å². The largest absolute Gasteiger partial charge is 0.477 e. The Balaban J connectivity index is 1.87. The van der Waals surface area contributed by atoms with E-state index in [4.69, 9.17) is 9.47 Å². The van der Waals surface area contributed by atoms with Crippen molar-refractivity contribution in [2.45, 2.75) is 12.7 Å². The van der Waals surface area contributed by atoms with Crippen molar-refractivity contribution in [1.82, 2.24) is 9.13 Å². The maximum atomic E-state index is 13.1. The number of benzene rings is 2. The molecule has 8 nitrogen and oxygen atoms in total. The number of carboxylic acids is 1. The smallest absolute Gasteiger partial charge is 0.416 e. The molecule has 2 aromatic carbocycles. The maximum absolute atomic E-state index is 13.1. The van der Waals surface area contributed by atoms with E-state index in [2.05, 4.69) is 0 Å². The molecule has 1 aromatic heterocycles. The lowest BCUT2D eigenvalue weighted by atomic mass is 10.2. The third-order valence-corrected chi connectivity index (χ3v) is 4.61. The highest BCUT2D eigenvalue weighted by molar-refractivity contribution is 5.86. The lowest BCUT2D eigenvalue weighted by Gasteiger charge is -2.14. The lowest BCUT2D eigenvalue weighted by Crippen LogP contribution is -2.41. The van der Waals surface area contributed by atoms with Crippen LogP contribution < -0.4 is 20.7 Å². The Morgan fingerprint density at radius 3 is 2.52 bits per heavy atom. The second kappa shape index (κ2) is 7.35. The quantitative estimate of drug-likeness (QED) is 0.678. The van der Waals surface area contributed by atoms with Crippen LogP contribution in [0.25, 0.3) is 5.69 Å². The highest BCUT2D eigenvalue weighted by atomic mass is 19.4. The fraction of sp³-hybridized carbons (Fsp3) is 0.150. The van der Waals surface area contributed by atoms with E-state index in [1.54, 1.807) is 18.2 Å². The maximum Gasteiger partial charge on any atom is 0.416 e. The molecule has 0 radical (unpaired) electrons. The lowest BCUT2D eigenvalue weighted by molar-refractivity contribution is -0.137. The molecule has 3 aromatic rings. The molecule has 0 aliphatic carbocycles. The monoisotopic (exact) mass is 434 g/mol. The predicted molar refractivity (Wildman–Crippen MR) is 99.9 cm³/mol. The van der Waals surface area contributed by atoms with Gasteiger partial charge in [0.05, 0.1) is 17.8 Å². The van der Waals surface area contributed by atoms with Gasteiger partial charge in [-0.2, -0.15) is 13.2 Å². The standard InChI is InChI=1S/C20H13F3N2O6/c21-20(22,23)12-2-1-3-13(7-12)25-17(26)14(18(27)28)9-24(19(25)29)8-11-4-5-15-16(6-11)31-10-30-15/h1-7,9H,8,10H2,(H,27,28). The van der Waals surface area contributed by atoms with E-state index in [-0.39, 0.29) is 13.3 Å². The molecule has 0 fully saturated rings. The van der Waals surface area contributed by atoms with Crippen LogP contribution in [0.3, 0.4) is 0 Å². The fourth-order valence-corrected chi connectivity index (χ4v) is 3.15. The summed E-state index contributed by atoms with van der Waals surface area (Å²) in [6.45, 7) is -0.128. The van der Waals surface area contributed by atoms with Crippen LogP contribution in [0.2, 0.25) is 0 Å². The minimum atomic E-state index is -4.71. The molecule has 4 rings (SSSR count). The molecule has 0 bridgehead atoms. The van der Waals surface area contributed by atoms with Crippen LogP contribution in [-0.2, 0) is 12.7 Å². The van der Waals surface area contributed by atoms with Gasteiger partial charge in [-0.25, -0.2) is 14.2 Å². The van der Waals surface area contributed by atoms with E-state index in [1.165, 1.54) is 0 Å². The number of carboxylic acid groups (broad SMARTS) is 1. The predicted octanol–water partition coefficient (Wildman–Crippen LogP) is 2.49. The average molecular weight is 434 g/mol. The third kappa shape index (κ3) is 3.77. The number of ether oxygens (including phenoxy) is 2. The molecule has 2 heterocycles. The molecule has 11 heteroatoms. The highest BCUT2D eigenvalue weighted by Gasteiger charge is 2.31. The van der Waals surface area contributed by atoms with Gasteiger partial charge in [-0.15, -0.1) is 0 Å². The normalized spacial score (nSPS) is 12.7. The van der Waals surface area contributed by atoms with E-state index in [9.17, 15) is 32.7 Å². The summed E-state index contributed by atoms with van der Waals surface area (Å²) in [6, 6.07) is 8.33. The zero-order valence-corrected chi connectivity index (χ0v) is 15.5. The number of hydrogen-bond acceptors (Lipinski definition) is 5. The summed E-state index contributed by atoms with van der Waals surface area (Å²) >= 11 is 0. The van der Waals surface area contributed by atoms with Crippen molar-refractivity contribution in [3.05, 3.63) is 86.2 Å². The summed E-state index contributed by atoms with van der Waals surface area (Å²) in [5.41, 5.74) is -3.95. The number of alkyl halides is 3. The number of aromatic nitrogens is 2. The topological polar surface area (TPSA) is 99.8 Å². The van der Waals surface area contributed by atoms with Crippen molar-refractivity contribution < 1.29 is 32.5 Å². The van der Waals surface area contributed by atoms with Crippen LogP contribution in [0.5, 0.6) is 11.5 Å². The number of fused-ring (bicyclic) bond motifs is 1. The van der Waals surface area contributed by atoms with E-state index in [0.29, 0.717) is 27.7 Å². The molecule has 0 saturated heterocycles. The second-order valence-electron chi connectivity index (χ2n) is 6.63. The molecule has 0 saturated carbocycles. The first-order valence-electron chi connectivity index (χ1n) is 8.81. The van der Waals surface area contributed by atoms with Crippen molar-refractivity contribution in [1.29, 1.82) is 0 Å². The SMILES string of the molecule is O=C(O)c1cn(Cc2ccc3c(c2)OCO3)c(=O)n(-c2cccc(C(F)(F)F)c2)c1=O. The molecule has 1 N–H and O–H groups in total. The van der Waals surface area contributed by atoms with E-state index in [1.807, 2.05) is 0 Å². The van der Waals surface area contributed by atoms with E-state index < -0.39 is 40.2 Å². The third-order valence-electron chi connectivity index (χ3n) is 4.61. The molecule has 1 aliphatic rings. The summed E-state index contributed by atoms with van der Waals surface area (Å²) in [7, 11) is 0. The Hall–Kier alpha value is -4.02. The zero-order chi connectivity index (χ0) is 22.3. The molecule has 31 heavy (non-hydrogen) atoms. The number of halogens is 3. The highest BCUT2D eigenvalue weighted by Crippen LogP contribution is 2.32. The van der Waals surface area contributed by atoms with Crippen molar-refractivity contribution >= 4 is 5.97 Å². The molecule has 0 unspecified atom stereocenters. The van der Waals surface area contributed by atoms with Crippen LogP contribution in [0.15, 0.2) is 58.3 Å². The summed E-state index contributed by atoms with van der Waals surface area (Å²) < 4.78 is 51.0. The van der Waals surface area contributed by atoms with Gasteiger partial charge >= 0.3 is 17.8 Å². The fourth-order valence-electron chi connectivity index (χ4n) is 3.15. The van der Waals surface area contributed by atoms with Gasteiger partial charge in [-0.05, 0) is 35.9 Å². The van der Waals surface area contributed by atoms with Gasteiger partial charge in [0.2, 0.25) is 6.79 Å². The molecular formula is C20H13F3N2O6. The van der Waals surface area contributed by atoms with Gasteiger partial charge in [-0.3, -0.25) is 9.36 Å². The molecule has 160 valence electrons. The van der Waals surface area contributed by atoms with Crippen molar-refractivity contribution in [3.8, 4) is 17.2 Å². The number of carbonyl (C=O) groups is 1. The molecule has 0 amide bonds. The summed E-state index contributed by atoms with van der Waals surface area (Å²) in [6.07, 6.45) is -3.85. The van der Waals surface area contributed by atoms with Gasteiger partial charge in [0, 0.05) is 6.20 Å². The number of rotatable bonds is 4. The van der Waals surface area contributed by atoms with E-state index in [0.717, 1.165) is 29.0 Å².